The van der Waals surface area contributed by atoms with Crippen LogP contribution in [0.4, 0.5) is 0 Å². The van der Waals surface area contributed by atoms with Crippen LogP contribution in [0, 0.1) is 0 Å². The molecule has 0 heterocycles. The van der Waals surface area contributed by atoms with Gasteiger partial charge in [-0.15, -0.1) is 0 Å². The predicted molar refractivity (Wildman–Crippen MR) is 61.2 cm³/mol. The lowest BCUT2D eigenvalue weighted by molar-refractivity contribution is -0.0385. The van der Waals surface area contributed by atoms with Crippen molar-refractivity contribution in [2.75, 3.05) is 40.0 Å². The van der Waals surface area contributed by atoms with E-state index in [4.69, 9.17) is 14.2 Å². The third-order valence-corrected chi connectivity index (χ3v) is 1.94. The van der Waals surface area contributed by atoms with Gasteiger partial charge in [-0.1, -0.05) is 0 Å². The highest BCUT2D eigenvalue weighted by Gasteiger charge is 2.07. The molecule has 1 N–H and O–H groups in total. The average molecular weight is 219 g/mol. The number of nitrogens with one attached hydrogen (secondary N) is 1. The minimum Gasteiger partial charge on any atom is -0.383 e. The quantitative estimate of drug-likeness (QED) is 0.558. The van der Waals surface area contributed by atoms with Gasteiger partial charge in [0.25, 0.3) is 0 Å². The summed E-state index contributed by atoms with van der Waals surface area (Å²) in [7, 11) is 1.70. The van der Waals surface area contributed by atoms with Crippen molar-refractivity contribution < 1.29 is 14.2 Å². The van der Waals surface area contributed by atoms with E-state index in [-0.39, 0.29) is 12.2 Å². The van der Waals surface area contributed by atoms with Crippen molar-refractivity contribution in [2.45, 2.75) is 33.0 Å². The number of rotatable bonds is 10. The minimum absolute atomic E-state index is 0.157. The molecule has 2 atom stereocenters. The van der Waals surface area contributed by atoms with Gasteiger partial charge in [0.15, 0.2) is 0 Å². The Labute approximate surface area is 93.3 Å². The summed E-state index contributed by atoms with van der Waals surface area (Å²) in [4.78, 5) is 0. The smallest absolute Gasteiger partial charge is 0.0784 e. The Balaban J connectivity index is 3.33. The van der Waals surface area contributed by atoms with Crippen LogP contribution in [0.25, 0.3) is 0 Å². The summed E-state index contributed by atoms with van der Waals surface area (Å²) in [5.74, 6) is 0. The first kappa shape index (κ1) is 14.8. The Hall–Kier alpha value is -0.160. The van der Waals surface area contributed by atoms with E-state index in [1.165, 1.54) is 0 Å². The van der Waals surface area contributed by atoms with E-state index in [1.54, 1.807) is 7.11 Å². The molecule has 0 aliphatic heterocycles. The molecule has 0 aromatic rings. The van der Waals surface area contributed by atoms with E-state index >= 15 is 0 Å². The number of methoxy groups -OCH3 is 1. The van der Waals surface area contributed by atoms with Gasteiger partial charge < -0.3 is 19.5 Å². The van der Waals surface area contributed by atoms with E-state index in [0.717, 1.165) is 26.3 Å². The molecule has 0 rings (SSSR count). The summed E-state index contributed by atoms with van der Waals surface area (Å²) >= 11 is 0. The highest BCUT2D eigenvalue weighted by Crippen LogP contribution is 1.97. The van der Waals surface area contributed by atoms with Crippen molar-refractivity contribution >= 4 is 0 Å². The molecule has 0 aliphatic carbocycles. The summed E-state index contributed by atoms with van der Waals surface area (Å²) in [6, 6.07) is 0. The van der Waals surface area contributed by atoms with Crippen LogP contribution in [0.3, 0.4) is 0 Å². The lowest BCUT2D eigenvalue weighted by atomic mass is 10.3. The van der Waals surface area contributed by atoms with Crippen molar-refractivity contribution in [2.24, 2.45) is 0 Å². The molecule has 0 spiro atoms. The van der Waals surface area contributed by atoms with Crippen molar-refractivity contribution in [3.63, 3.8) is 0 Å². The molecule has 0 saturated heterocycles. The largest absolute Gasteiger partial charge is 0.383 e. The zero-order valence-corrected chi connectivity index (χ0v) is 10.4. The molecule has 0 bridgehead atoms. The van der Waals surface area contributed by atoms with Gasteiger partial charge in [-0.3, -0.25) is 0 Å². The normalized spacial score (nSPS) is 15.2. The third-order valence-electron chi connectivity index (χ3n) is 1.94. The highest BCUT2D eigenvalue weighted by molar-refractivity contribution is 4.58. The SMILES string of the molecule is CCOCC(C)OC(C)CNCCOC. The van der Waals surface area contributed by atoms with Gasteiger partial charge >= 0.3 is 0 Å². The second kappa shape index (κ2) is 10.4. The third kappa shape index (κ3) is 10.1. The van der Waals surface area contributed by atoms with Crippen LogP contribution in [0.5, 0.6) is 0 Å². The van der Waals surface area contributed by atoms with Gasteiger partial charge in [-0.2, -0.15) is 0 Å². The summed E-state index contributed by atoms with van der Waals surface area (Å²) in [6.07, 6.45) is 0.362. The molecule has 0 amide bonds. The summed E-state index contributed by atoms with van der Waals surface area (Å²) in [5, 5.41) is 3.26. The van der Waals surface area contributed by atoms with Gasteiger partial charge in [0, 0.05) is 26.8 Å². The summed E-state index contributed by atoms with van der Waals surface area (Å²) in [6.45, 7) is 9.93. The molecular formula is C11H25NO3. The number of hydrogen-bond donors (Lipinski definition) is 1. The Kier molecular flexibility index (Phi) is 10.3. The first-order chi connectivity index (χ1) is 7.20. The molecule has 92 valence electrons. The second-order valence-corrected chi connectivity index (χ2v) is 3.61. The predicted octanol–water partition coefficient (Wildman–Crippen LogP) is 1.05. The maximum absolute atomic E-state index is 5.70. The van der Waals surface area contributed by atoms with Crippen LogP contribution in [-0.4, -0.2) is 52.2 Å². The van der Waals surface area contributed by atoms with Crippen LogP contribution >= 0.6 is 0 Å². The van der Waals surface area contributed by atoms with Crippen LogP contribution < -0.4 is 5.32 Å². The molecule has 15 heavy (non-hydrogen) atoms. The molecular weight excluding hydrogens is 194 g/mol. The monoisotopic (exact) mass is 219 g/mol. The van der Waals surface area contributed by atoms with E-state index in [1.807, 2.05) is 13.8 Å². The molecule has 0 aliphatic rings. The van der Waals surface area contributed by atoms with Crippen molar-refractivity contribution in [1.82, 2.24) is 5.32 Å². The van der Waals surface area contributed by atoms with Gasteiger partial charge in [0.1, 0.15) is 0 Å². The van der Waals surface area contributed by atoms with Gasteiger partial charge in [-0.05, 0) is 20.8 Å². The van der Waals surface area contributed by atoms with Crippen molar-refractivity contribution in [3.8, 4) is 0 Å². The Morgan fingerprint density at radius 2 is 1.93 bits per heavy atom. The first-order valence-corrected chi connectivity index (χ1v) is 5.63. The maximum Gasteiger partial charge on any atom is 0.0784 e. The van der Waals surface area contributed by atoms with E-state index in [0.29, 0.717) is 6.61 Å². The van der Waals surface area contributed by atoms with Crippen LogP contribution in [0.15, 0.2) is 0 Å². The molecule has 0 aromatic carbocycles. The number of hydrogen-bond acceptors (Lipinski definition) is 4. The molecule has 0 fully saturated rings. The second-order valence-electron chi connectivity index (χ2n) is 3.61. The van der Waals surface area contributed by atoms with Crippen LogP contribution in [-0.2, 0) is 14.2 Å². The molecule has 0 saturated carbocycles. The van der Waals surface area contributed by atoms with Gasteiger partial charge in [-0.25, -0.2) is 0 Å². The Morgan fingerprint density at radius 3 is 2.53 bits per heavy atom. The summed E-state index contributed by atoms with van der Waals surface area (Å²) < 4.78 is 15.9. The fourth-order valence-electron chi connectivity index (χ4n) is 1.25. The fourth-order valence-corrected chi connectivity index (χ4v) is 1.25. The Bertz CT molecular complexity index is 133. The van der Waals surface area contributed by atoms with Crippen molar-refractivity contribution in [1.29, 1.82) is 0 Å². The van der Waals surface area contributed by atoms with E-state index < -0.39 is 0 Å². The maximum atomic E-state index is 5.70. The average Bonchev–Trinajstić information content (AvgIpc) is 2.21. The van der Waals surface area contributed by atoms with Crippen molar-refractivity contribution in [3.05, 3.63) is 0 Å². The summed E-state index contributed by atoms with van der Waals surface area (Å²) in [5.41, 5.74) is 0. The standard InChI is InChI=1S/C11H25NO3/c1-5-14-9-11(3)15-10(2)8-12-6-7-13-4/h10-12H,5-9H2,1-4H3. The first-order valence-electron chi connectivity index (χ1n) is 5.63. The topological polar surface area (TPSA) is 39.7 Å². The molecule has 0 aromatic heterocycles. The van der Waals surface area contributed by atoms with Crippen LogP contribution in [0.1, 0.15) is 20.8 Å². The number of ether oxygens (including phenoxy) is 3. The highest BCUT2D eigenvalue weighted by atomic mass is 16.5. The van der Waals surface area contributed by atoms with Gasteiger partial charge in [0.2, 0.25) is 0 Å². The zero-order chi connectivity index (χ0) is 11.5. The van der Waals surface area contributed by atoms with E-state index in [2.05, 4.69) is 12.2 Å². The van der Waals surface area contributed by atoms with Crippen LogP contribution in [0.2, 0.25) is 0 Å². The molecule has 4 nitrogen and oxygen atoms in total. The fraction of sp³-hybridized carbons (Fsp3) is 1.00. The minimum atomic E-state index is 0.157. The molecule has 0 radical (unpaired) electrons. The molecule has 4 heteroatoms. The lowest BCUT2D eigenvalue weighted by Crippen LogP contribution is -2.32. The Morgan fingerprint density at radius 1 is 1.20 bits per heavy atom. The zero-order valence-electron chi connectivity index (χ0n) is 10.4. The molecule has 2 unspecified atom stereocenters. The van der Waals surface area contributed by atoms with E-state index in [9.17, 15) is 0 Å². The van der Waals surface area contributed by atoms with Gasteiger partial charge in [0.05, 0.1) is 25.4 Å². The lowest BCUT2D eigenvalue weighted by Gasteiger charge is -2.19.